The molecular formula is C23H28N4O3. The van der Waals surface area contributed by atoms with E-state index in [0.717, 1.165) is 43.1 Å². The molecule has 30 heavy (non-hydrogen) atoms. The van der Waals surface area contributed by atoms with Crippen molar-refractivity contribution < 1.29 is 13.9 Å². The van der Waals surface area contributed by atoms with Gasteiger partial charge < -0.3 is 9.15 Å². The number of hydrogen-bond acceptors (Lipinski definition) is 6. The van der Waals surface area contributed by atoms with Crippen LogP contribution in [0.1, 0.15) is 47.5 Å². The average molecular weight is 409 g/mol. The Bertz CT molecular complexity index is 963. The molecule has 7 nitrogen and oxygen atoms in total. The Morgan fingerprint density at radius 3 is 2.83 bits per heavy atom. The summed E-state index contributed by atoms with van der Waals surface area (Å²) in [5, 5.41) is 4.33. The Labute approximate surface area is 176 Å². The standard InChI is InChI=1S/C23H28N4O3/c1-17-21(25-22(30-17)18-7-9-19(10-8-18)23(28)29-2)16-26-13-4-3-6-20(26)11-15-27-14-5-12-24-27/h5,7-10,12,14,20H,3-4,6,11,13,15-16H2,1-2H3/t20-/m0/s1. The van der Waals surface area contributed by atoms with Gasteiger partial charge in [0.2, 0.25) is 5.89 Å². The van der Waals surface area contributed by atoms with Gasteiger partial charge in [0.05, 0.1) is 18.4 Å². The van der Waals surface area contributed by atoms with Crippen LogP contribution in [0.25, 0.3) is 11.5 Å². The second kappa shape index (κ2) is 9.26. The van der Waals surface area contributed by atoms with Gasteiger partial charge in [0.25, 0.3) is 0 Å². The first-order valence-corrected chi connectivity index (χ1v) is 10.5. The van der Waals surface area contributed by atoms with Crippen molar-refractivity contribution in [1.29, 1.82) is 0 Å². The zero-order valence-electron chi connectivity index (χ0n) is 17.6. The predicted molar refractivity (Wildman–Crippen MR) is 113 cm³/mol. The van der Waals surface area contributed by atoms with Crippen molar-refractivity contribution in [3.05, 3.63) is 59.7 Å². The van der Waals surface area contributed by atoms with Crippen LogP contribution in [0.5, 0.6) is 0 Å². The van der Waals surface area contributed by atoms with Gasteiger partial charge in [-0.2, -0.15) is 5.10 Å². The van der Waals surface area contributed by atoms with Crippen molar-refractivity contribution in [1.82, 2.24) is 19.7 Å². The molecule has 3 aromatic rings. The Morgan fingerprint density at radius 1 is 1.27 bits per heavy atom. The number of aromatic nitrogens is 3. The molecule has 2 aromatic heterocycles. The molecule has 1 fully saturated rings. The lowest BCUT2D eigenvalue weighted by Gasteiger charge is -2.35. The van der Waals surface area contributed by atoms with Crippen molar-refractivity contribution in [2.24, 2.45) is 0 Å². The van der Waals surface area contributed by atoms with E-state index in [2.05, 4.69) is 10.00 Å². The number of piperidine rings is 1. The predicted octanol–water partition coefficient (Wildman–Crippen LogP) is 4.08. The van der Waals surface area contributed by atoms with Gasteiger partial charge in [-0.05, 0) is 63.1 Å². The van der Waals surface area contributed by atoms with E-state index in [1.165, 1.54) is 26.4 Å². The smallest absolute Gasteiger partial charge is 0.337 e. The van der Waals surface area contributed by atoms with E-state index in [0.29, 0.717) is 17.5 Å². The van der Waals surface area contributed by atoms with Gasteiger partial charge in [-0.15, -0.1) is 0 Å². The summed E-state index contributed by atoms with van der Waals surface area (Å²) in [6.07, 6.45) is 8.64. The maximum atomic E-state index is 11.6. The summed E-state index contributed by atoms with van der Waals surface area (Å²) in [5.41, 5.74) is 2.34. The van der Waals surface area contributed by atoms with Gasteiger partial charge >= 0.3 is 5.97 Å². The van der Waals surface area contributed by atoms with E-state index in [4.69, 9.17) is 14.1 Å². The van der Waals surface area contributed by atoms with Crippen LogP contribution in [-0.2, 0) is 17.8 Å². The van der Waals surface area contributed by atoms with Gasteiger partial charge in [-0.3, -0.25) is 9.58 Å². The number of rotatable bonds is 7. The molecule has 1 atom stereocenters. The Morgan fingerprint density at radius 2 is 2.10 bits per heavy atom. The first-order chi connectivity index (χ1) is 14.6. The average Bonchev–Trinajstić information content (AvgIpc) is 3.43. The van der Waals surface area contributed by atoms with Crippen LogP contribution in [0.3, 0.4) is 0 Å². The number of benzene rings is 1. The van der Waals surface area contributed by atoms with Crippen LogP contribution in [0.4, 0.5) is 0 Å². The third-order valence-corrected chi connectivity index (χ3v) is 5.80. The van der Waals surface area contributed by atoms with Crippen molar-refractivity contribution in [2.75, 3.05) is 13.7 Å². The normalized spacial score (nSPS) is 17.2. The van der Waals surface area contributed by atoms with Gasteiger partial charge in [0.1, 0.15) is 5.76 Å². The van der Waals surface area contributed by atoms with Crippen LogP contribution in [0.2, 0.25) is 0 Å². The molecule has 0 aliphatic carbocycles. The highest BCUT2D eigenvalue weighted by Crippen LogP contribution is 2.26. The van der Waals surface area contributed by atoms with Gasteiger partial charge in [-0.25, -0.2) is 9.78 Å². The summed E-state index contributed by atoms with van der Waals surface area (Å²) in [5.74, 6) is 1.08. The molecule has 1 aliphatic heterocycles. The maximum absolute atomic E-state index is 11.6. The van der Waals surface area contributed by atoms with Crippen molar-refractivity contribution in [3.8, 4) is 11.5 Å². The van der Waals surface area contributed by atoms with E-state index in [9.17, 15) is 4.79 Å². The lowest BCUT2D eigenvalue weighted by Crippen LogP contribution is -2.39. The molecule has 0 amide bonds. The SMILES string of the molecule is COC(=O)c1ccc(-c2nc(CN3CCCC[C@H]3CCn3cccn3)c(C)o2)cc1. The number of carbonyl (C=O) groups excluding carboxylic acids is 1. The number of methoxy groups -OCH3 is 1. The molecule has 0 N–H and O–H groups in total. The topological polar surface area (TPSA) is 73.4 Å². The third-order valence-electron chi connectivity index (χ3n) is 5.80. The van der Waals surface area contributed by atoms with Crippen molar-refractivity contribution in [2.45, 2.75) is 51.7 Å². The third kappa shape index (κ3) is 4.62. The number of nitrogens with zero attached hydrogens (tertiary/aromatic N) is 4. The molecule has 7 heteroatoms. The number of esters is 1. The second-order valence-electron chi connectivity index (χ2n) is 7.77. The van der Waals surface area contributed by atoms with Crippen molar-refractivity contribution in [3.63, 3.8) is 0 Å². The van der Waals surface area contributed by atoms with Crippen LogP contribution in [0.15, 0.2) is 47.1 Å². The zero-order chi connectivity index (χ0) is 20.9. The Kier molecular flexibility index (Phi) is 6.28. The monoisotopic (exact) mass is 408 g/mol. The minimum Gasteiger partial charge on any atom is -0.465 e. The molecular weight excluding hydrogens is 380 g/mol. The highest BCUT2D eigenvalue weighted by molar-refractivity contribution is 5.89. The Balaban J connectivity index is 1.44. The van der Waals surface area contributed by atoms with Crippen LogP contribution in [-0.4, -0.2) is 45.3 Å². The highest BCUT2D eigenvalue weighted by atomic mass is 16.5. The molecule has 158 valence electrons. The number of aryl methyl sites for hydroxylation is 2. The van der Waals surface area contributed by atoms with E-state index in [1.807, 2.05) is 42.2 Å². The number of ether oxygens (including phenoxy) is 1. The van der Waals surface area contributed by atoms with Gasteiger partial charge in [-0.1, -0.05) is 6.42 Å². The molecule has 1 aromatic carbocycles. The van der Waals surface area contributed by atoms with E-state index in [1.54, 1.807) is 12.1 Å². The lowest BCUT2D eigenvalue weighted by molar-refractivity contribution is 0.0600. The molecule has 3 heterocycles. The number of hydrogen-bond donors (Lipinski definition) is 0. The molecule has 4 rings (SSSR count). The molecule has 0 unspecified atom stereocenters. The minimum absolute atomic E-state index is 0.350. The fourth-order valence-corrected chi connectivity index (χ4v) is 4.07. The van der Waals surface area contributed by atoms with E-state index in [-0.39, 0.29) is 5.97 Å². The quantitative estimate of drug-likeness (QED) is 0.549. The second-order valence-corrected chi connectivity index (χ2v) is 7.77. The zero-order valence-corrected chi connectivity index (χ0v) is 17.6. The lowest BCUT2D eigenvalue weighted by atomic mass is 9.99. The minimum atomic E-state index is -0.350. The number of carbonyl (C=O) groups is 1. The number of likely N-dealkylation sites (tertiary alicyclic amines) is 1. The molecule has 0 spiro atoms. The van der Waals surface area contributed by atoms with Gasteiger partial charge in [0.15, 0.2) is 0 Å². The van der Waals surface area contributed by atoms with E-state index < -0.39 is 0 Å². The molecule has 0 saturated carbocycles. The molecule has 1 aliphatic rings. The summed E-state index contributed by atoms with van der Waals surface area (Å²) < 4.78 is 12.7. The van der Waals surface area contributed by atoms with Gasteiger partial charge in [0, 0.05) is 37.1 Å². The largest absolute Gasteiger partial charge is 0.465 e. The summed E-state index contributed by atoms with van der Waals surface area (Å²) in [6.45, 7) is 4.78. The summed E-state index contributed by atoms with van der Waals surface area (Å²) in [4.78, 5) is 18.9. The first-order valence-electron chi connectivity index (χ1n) is 10.5. The van der Waals surface area contributed by atoms with Crippen LogP contribution in [0, 0.1) is 6.92 Å². The molecule has 0 radical (unpaired) electrons. The summed E-state index contributed by atoms with van der Waals surface area (Å²) in [6, 6.07) is 9.65. The van der Waals surface area contributed by atoms with Crippen LogP contribution >= 0.6 is 0 Å². The number of oxazole rings is 1. The van der Waals surface area contributed by atoms with E-state index >= 15 is 0 Å². The first kappa shape index (κ1) is 20.3. The molecule has 1 saturated heterocycles. The van der Waals surface area contributed by atoms with Crippen LogP contribution < -0.4 is 0 Å². The fraction of sp³-hybridized carbons (Fsp3) is 0.435. The maximum Gasteiger partial charge on any atom is 0.337 e. The fourth-order valence-electron chi connectivity index (χ4n) is 4.07. The Hall–Kier alpha value is -2.93. The highest BCUT2D eigenvalue weighted by Gasteiger charge is 2.24. The molecule has 0 bridgehead atoms. The van der Waals surface area contributed by atoms with Crippen molar-refractivity contribution >= 4 is 5.97 Å². The summed E-state index contributed by atoms with van der Waals surface area (Å²) >= 11 is 0. The summed E-state index contributed by atoms with van der Waals surface area (Å²) in [7, 11) is 1.38.